The molecule has 4 heteroatoms. The highest BCUT2D eigenvalue weighted by Crippen LogP contribution is 2.22. The highest BCUT2D eigenvalue weighted by Gasteiger charge is 2.06. The summed E-state index contributed by atoms with van der Waals surface area (Å²) in [5.74, 6) is 0.307. The second kappa shape index (κ2) is 6.10. The SMILES string of the molecule is COc1ccc(C)cc1COc1cccc(C(=O)O)c1. The molecule has 4 nitrogen and oxygen atoms in total. The third kappa shape index (κ3) is 3.29. The van der Waals surface area contributed by atoms with Crippen LogP contribution in [0.1, 0.15) is 21.5 Å². The lowest BCUT2D eigenvalue weighted by atomic mass is 10.1. The summed E-state index contributed by atoms with van der Waals surface area (Å²) < 4.78 is 10.9. The zero-order valence-electron chi connectivity index (χ0n) is 11.4. The van der Waals surface area contributed by atoms with E-state index in [1.54, 1.807) is 19.2 Å². The van der Waals surface area contributed by atoms with Crippen LogP contribution in [0.3, 0.4) is 0 Å². The molecule has 0 heterocycles. The van der Waals surface area contributed by atoms with Crippen molar-refractivity contribution >= 4 is 5.97 Å². The minimum absolute atomic E-state index is 0.207. The van der Waals surface area contributed by atoms with E-state index in [9.17, 15) is 4.79 Å². The van der Waals surface area contributed by atoms with Gasteiger partial charge in [-0.3, -0.25) is 0 Å². The first-order valence-corrected chi connectivity index (χ1v) is 6.20. The number of benzene rings is 2. The fraction of sp³-hybridized carbons (Fsp3) is 0.188. The highest BCUT2D eigenvalue weighted by molar-refractivity contribution is 5.87. The van der Waals surface area contributed by atoms with Crippen LogP contribution in [0.2, 0.25) is 0 Å². The Balaban J connectivity index is 2.14. The van der Waals surface area contributed by atoms with Gasteiger partial charge in [0.15, 0.2) is 0 Å². The summed E-state index contributed by atoms with van der Waals surface area (Å²) in [6.07, 6.45) is 0. The number of carboxylic acids is 1. The molecule has 0 fully saturated rings. The summed E-state index contributed by atoms with van der Waals surface area (Å²) in [6.45, 7) is 2.32. The van der Waals surface area contributed by atoms with Crippen LogP contribution in [0.15, 0.2) is 42.5 Å². The summed E-state index contributed by atoms with van der Waals surface area (Å²) >= 11 is 0. The Kier molecular flexibility index (Phi) is 4.25. The molecule has 0 unspecified atom stereocenters. The molecule has 0 radical (unpaired) electrons. The summed E-state index contributed by atoms with van der Waals surface area (Å²) in [5, 5.41) is 8.94. The quantitative estimate of drug-likeness (QED) is 0.907. The Morgan fingerprint density at radius 2 is 2.00 bits per heavy atom. The van der Waals surface area contributed by atoms with Crippen LogP contribution in [-0.4, -0.2) is 18.2 Å². The number of methoxy groups -OCH3 is 1. The van der Waals surface area contributed by atoms with E-state index in [0.29, 0.717) is 12.4 Å². The molecule has 0 bridgehead atoms. The van der Waals surface area contributed by atoms with Crippen LogP contribution in [0.4, 0.5) is 0 Å². The molecule has 1 N–H and O–H groups in total. The number of aromatic carboxylic acids is 1. The highest BCUT2D eigenvalue weighted by atomic mass is 16.5. The van der Waals surface area contributed by atoms with Gasteiger partial charge in [-0.25, -0.2) is 4.79 Å². The number of ether oxygens (including phenoxy) is 2. The molecule has 0 atom stereocenters. The average molecular weight is 272 g/mol. The Bertz CT molecular complexity index is 620. The predicted molar refractivity (Wildman–Crippen MR) is 75.5 cm³/mol. The van der Waals surface area contributed by atoms with Crippen molar-refractivity contribution in [2.75, 3.05) is 7.11 Å². The molecule has 0 saturated carbocycles. The van der Waals surface area contributed by atoms with E-state index >= 15 is 0 Å². The van der Waals surface area contributed by atoms with Crippen molar-refractivity contribution in [3.05, 3.63) is 59.2 Å². The molecular weight excluding hydrogens is 256 g/mol. The van der Waals surface area contributed by atoms with Crippen LogP contribution in [-0.2, 0) is 6.61 Å². The van der Waals surface area contributed by atoms with Gasteiger partial charge in [0.1, 0.15) is 18.1 Å². The van der Waals surface area contributed by atoms with E-state index in [1.807, 2.05) is 25.1 Å². The number of carbonyl (C=O) groups is 1. The van der Waals surface area contributed by atoms with Gasteiger partial charge in [-0.1, -0.05) is 17.7 Å². The molecule has 104 valence electrons. The van der Waals surface area contributed by atoms with Crippen molar-refractivity contribution in [3.8, 4) is 11.5 Å². The lowest BCUT2D eigenvalue weighted by molar-refractivity contribution is 0.0696. The molecular formula is C16H16O4. The Labute approximate surface area is 117 Å². The summed E-state index contributed by atoms with van der Waals surface area (Å²) in [6, 6.07) is 12.3. The van der Waals surface area contributed by atoms with E-state index in [2.05, 4.69) is 0 Å². The zero-order chi connectivity index (χ0) is 14.5. The maximum atomic E-state index is 10.9. The lowest BCUT2D eigenvalue weighted by Crippen LogP contribution is -2.01. The van der Waals surface area contributed by atoms with Crippen LogP contribution < -0.4 is 9.47 Å². The summed E-state index contributed by atoms with van der Waals surface area (Å²) in [4.78, 5) is 10.9. The van der Waals surface area contributed by atoms with E-state index in [0.717, 1.165) is 16.9 Å². The second-order valence-corrected chi connectivity index (χ2v) is 4.44. The molecule has 2 aromatic rings. The third-order valence-corrected chi connectivity index (χ3v) is 2.91. The zero-order valence-corrected chi connectivity index (χ0v) is 11.4. The summed E-state index contributed by atoms with van der Waals surface area (Å²) in [7, 11) is 1.61. The van der Waals surface area contributed by atoms with Gasteiger partial charge in [0.25, 0.3) is 0 Å². The van der Waals surface area contributed by atoms with Gasteiger partial charge in [-0.2, -0.15) is 0 Å². The first-order valence-electron chi connectivity index (χ1n) is 6.20. The summed E-state index contributed by atoms with van der Waals surface area (Å²) in [5.41, 5.74) is 2.25. The number of hydrogen-bond acceptors (Lipinski definition) is 3. The first kappa shape index (κ1) is 13.9. The van der Waals surface area contributed by atoms with Gasteiger partial charge >= 0.3 is 5.97 Å². The fourth-order valence-corrected chi connectivity index (χ4v) is 1.90. The minimum atomic E-state index is -0.969. The number of hydrogen-bond donors (Lipinski definition) is 1. The predicted octanol–water partition coefficient (Wildman–Crippen LogP) is 3.28. The van der Waals surface area contributed by atoms with Gasteiger partial charge in [-0.05, 0) is 37.3 Å². The molecule has 0 aliphatic carbocycles. The van der Waals surface area contributed by atoms with Crippen molar-refractivity contribution in [3.63, 3.8) is 0 Å². The monoisotopic (exact) mass is 272 g/mol. The molecule has 0 aliphatic rings. The fourth-order valence-electron chi connectivity index (χ4n) is 1.90. The van der Waals surface area contributed by atoms with E-state index in [1.165, 1.54) is 12.1 Å². The average Bonchev–Trinajstić information content (AvgIpc) is 2.45. The molecule has 0 spiro atoms. The normalized spacial score (nSPS) is 10.1. The Hall–Kier alpha value is -2.49. The Morgan fingerprint density at radius 3 is 2.70 bits per heavy atom. The lowest BCUT2D eigenvalue weighted by Gasteiger charge is -2.11. The number of aryl methyl sites for hydroxylation is 1. The standard InChI is InChI=1S/C16H16O4/c1-11-6-7-15(19-2)13(8-11)10-20-14-5-3-4-12(9-14)16(17)18/h3-9H,10H2,1-2H3,(H,17,18). The molecule has 0 aromatic heterocycles. The molecule has 0 saturated heterocycles. The second-order valence-electron chi connectivity index (χ2n) is 4.44. The Morgan fingerprint density at radius 1 is 1.20 bits per heavy atom. The smallest absolute Gasteiger partial charge is 0.335 e. The van der Waals surface area contributed by atoms with Gasteiger partial charge in [-0.15, -0.1) is 0 Å². The minimum Gasteiger partial charge on any atom is -0.496 e. The van der Waals surface area contributed by atoms with Crippen molar-refractivity contribution < 1.29 is 19.4 Å². The third-order valence-electron chi connectivity index (χ3n) is 2.91. The van der Waals surface area contributed by atoms with Gasteiger partial charge in [0, 0.05) is 5.56 Å². The van der Waals surface area contributed by atoms with Crippen LogP contribution in [0.5, 0.6) is 11.5 Å². The largest absolute Gasteiger partial charge is 0.496 e. The van der Waals surface area contributed by atoms with Crippen molar-refractivity contribution in [2.45, 2.75) is 13.5 Å². The van der Waals surface area contributed by atoms with Crippen molar-refractivity contribution in [2.24, 2.45) is 0 Å². The van der Waals surface area contributed by atoms with Crippen molar-refractivity contribution in [1.82, 2.24) is 0 Å². The first-order chi connectivity index (χ1) is 9.60. The van der Waals surface area contributed by atoms with E-state index in [-0.39, 0.29) is 5.56 Å². The van der Waals surface area contributed by atoms with Gasteiger partial charge in [0.05, 0.1) is 12.7 Å². The molecule has 0 aliphatic heterocycles. The van der Waals surface area contributed by atoms with Gasteiger partial charge in [0.2, 0.25) is 0 Å². The van der Waals surface area contributed by atoms with Gasteiger partial charge < -0.3 is 14.6 Å². The number of rotatable bonds is 5. The van der Waals surface area contributed by atoms with Crippen LogP contribution in [0, 0.1) is 6.92 Å². The maximum absolute atomic E-state index is 10.9. The number of carboxylic acid groups (broad SMARTS) is 1. The maximum Gasteiger partial charge on any atom is 0.335 e. The molecule has 2 rings (SSSR count). The molecule has 2 aromatic carbocycles. The van der Waals surface area contributed by atoms with Crippen molar-refractivity contribution in [1.29, 1.82) is 0 Å². The van der Waals surface area contributed by atoms with E-state index < -0.39 is 5.97 Å². The molecule has 0 amide bonds. The molecule has 20 heavy (non-hydrogen) atoms. The van der Waals surface area contributed by atoms with E-state index in [4.69, 9.17) is 14.6 Å². The van der Waals surface area contributed by atoms with Crippen LogP contribution in [0.25, 0.3) is 0 Å². The topological polar surface area (TPSA) is 55.8 Å². The van der Waals surface area contributed by atoms with Crippen LogP contribution >= 0.6 is 0 Å².